The Balaban J connectivity index is 1.66. The number of aliphatic imine (C=N–C) groups is 1. The maximum Gasteiger partial charge on any atom is 0.145 e. The second-order valence-electron chi connectivity index (χ2n) is 6.69. The van der Waals surface area contributed by atoms with Crippen LogP contribution in [0.25, 0.3) is 0 Å². The highest BCUT2D eigenvalue weighted by molar-refractivity contribution is 5.99. The van der Waals surface area contributed by atoms with E-state index in [1.807, 2.05) is 0 Å². The van der Waals surface area contributed by atoms with Gasteiger partial charge >= 0.3 is 0 Å². The van der Waals surface area contributed by atoms with Crippen molar-refractivity contribution in [2.24, 2.45) is 16.8 Å². The first-order valence-electron chi connectivity index (χ1n) is 8.35. The summed E-state index contributed by atoms with van der Waals surface area (Å²) in [7, 11) is 0. The number of amidine groups is 1. The highest BCUT2D eigenvalue weighted by atomic mass is 15.5. The van der Waals surface area contributed by atoms with Crippen LogP contribution in [0.4, 0.5) is 0 Å². The maximum atomic E-state index is 5.92. The summed E-state index contributed by atoms with van der Waals surface area (Å²) in [6.45, 7) is 6.11. The quantitative estimate of drug-likeness (QED) is 0.860. The predicted octanol–water partition coefficient (Wildman–Crippen LogP) is 3.41. The number of hydrazine groups is 1. The number of rotatable bonds is 5. The Labute approximate surface area is 138 Å². The number of nitrogens with two attached hydrogens (primary N) is 1. The van der Waals surface area contributed by atoms with Gasteiger partial charge in [0.1, 0.15) is 5.84 Å². The molecule has 0 saturated heterocycles. The van der Waals surface area contributed by atoms with Gasteiger partial charge in [-0.05, 0) is 35.4 Å². The van der Waals surface area contributed by atoms with Gasteiger partial charge in [-0.3, -0.25) is 10.0 Å². The van der Waals surface area contributed by atoms with Crippen molar-refractivity contribution in [3.63, 3.8) is 0 Å². The van der Waals surface area contributed by atoms with Crippen molar-refractivity contribution in [2.75, 3.05) is 13.1 Å². The Morgan fingerprint density at radius 2 is 1.52 bits per heavy atom. The van der Waals surface area contributed by atoms with Crippen LogP contribution in [0.5, 0.6) is 0 Å². The first kappa shape index (κ1) is 15.8. The van der Waals surface area contributed by atoms with Crippen molar-refractivity contribution in [2.45, 2.75) is 26.7 Å². The van der Waals surface area contributed by atoms with E-state index < -0.39 is 0 Å². The van der Waals surface area contributed by atoms with E-state index >= 15 is 0 Å². The van der Waals surface area contributed by atoms with Crippen LogP contribution in [-0.4, -0.2) is 23.9 Å². The molecule has 1 aliphatic heterocycles. The molecule has 3 rings (SSSR count). The lowest BCUT2D eigenvalue weighted by Gasteiger charge is -2.13. The van der Waals surface area contributed by atoms with Gasteiger partial charge in [0.15, 0.2) is 0 Å². The van der Waals surface area contributed by atoms with E-state index in [9.17, 15) is 0 Å². The van der Waals surface area contributed by atoms with E-state index in [4.69, 9.17) is 5.84 Å². The summed E-state index contributed by atoms with van der Waals surface area (Å²) in [6.07, 6.45) is 2.10. The molecule has 0 radical (unpaired) electrons. The molecule has 0 bridgehead atoms. The van der Waals surface area contributed by atoms with Gasteiger partial charge in [-0.2, -0.15) is 0 Å². The summed E-state index contributed by atoms with van der Waals surface area (Å²) in [6, 6.07) is 17.6. The molecule has 3 heteroatoms. The van der Waals surface area contributed by atoms with Crippen LogP contribution in [0, 0.1) is 5.92 Å². The molecule has 120 valence electrons. The minimum atomic E-state index is 0.703. The highest BCUT2D eigenvalue weighted by Gasteiger charge is 2.14. The lowest BCUT2D eigenvalue weighted by Crippen LogP contribution is -2.34. The van der Waals surface area contributed by atoms with Crippen molar-refractivity contribution in [3.8, 4) is 0 Å². The van der Waals surface area contributed by atoms with Crippen molar-refractivity contribution in [1.82, 2.24) is 5.01 Å². The molecule has 0 unspecified atom stereocenters. The summed E-state index contributed by atoms with van der Waals surface area (Å²) in [5.74, 6) is 7.52. The molecule has 0 aliphatic carbocycles. The van der Waals surface area contributed by atoms with Gasteiger partial charge in [-0.1, -0.05) is 62.4 Å². The van der Waals surface area contributed by atoms with Crippen LogP contribution in [0.1, 0.15) is 36.1 Å². The minimum Gasteiger partial charge on any atom is -0.293 e. The summed E-state index contributed by atoms with van der Waals surface area (Å²) in [5, 5.41) is 1.72. The molecule has 0 amide bonds. The zero-order valence-corrected chi connectivity index (χ0v) is 14.0. The van der Waals surface area contributed by atoms with Crippen molar-refractivity contribution in [3.05, 3.63) is 70.8 Å². The van der Waals surface area contributed by atoms with Crippen LogP contribution in [0.15, 0.2) is 53.5 Å². The van der Waals surface area contributed by atoms with Gasteiger partial charge < -0.3 is 0 Å². The molecule has 1 heterocycles. The highest BCUT2D eigenvalue weighted by Crippen LogP contribution is 2.15. The van der Waals surface area contributed by atoms with E-state index in [2.05, 4.69) is 67.4 Å². The molecule has 2 aromatic rings. The third-order valence-corrected chi connectivity index (χ3v) is 4.16. The normalized spacial score (nSPS) is 14.4. The molecule has 0 spiro atoms. The van der Waals surface area contributed by atoms with Crippen LogP contribution in [0.3, 0.4) is 0 Å². The third-order valence-electron chi connectivity index (χ3n) is 4.16. The Morgan fingerprint density at radius 3 is 2.04 bits per heavy atom. The fourth-order valence-corrected chi connectivity index (χ4v) is 2.99. The number of nitrogens with zero attached hydrogens (tertiary/aromatic N) is 2. The predicted molar refractivity (Wildman–Crippen MR) is 96.5 cm³/mol. The molecule has 3 nitrogen and oxygen atoms in total. The molecule has 2 N–H and O–H groups in total. The van der Waals surface area contributed by atoms with E-state index in [-0.39, 0.29) is 0 Å². The smallest absolute Gasteiger partial charge is 0.145 e. The summed E-state index contributed by atoms with van der Waals surface area (Å²) < 4.78 is 0. The molecule has 2 aromatic carbocycles. The Morgan fingerprint density at radius 1 is 0.957 bits per heavy atom. The van der Waals surface area contributed by atoms with Crippen LogP contribution < -0.4 is 5.84 Å². The summed E-state index contributed by atoms with van der Waals surface area (Å²) in [4.78, 5) is 4.45. The zero-order valence-electron chi connectivity index (χ0n) is 14.0. The molecular weight excluding hydrogens is 282 g/mol. The average molecular weight is 307 g/mol. The Hall–Kier alpha value is -2.13. The molecule has 0 fully saturated rings. The first-order chi connectivity index (χ1) is 11.1. The fraction of sp³-hybridized carbons (Fsp3) is 0.350. The maximum absolute atomic E-state index is 5.92. The van der Waals surface area contributed by atoms with Gasteiger partial charge in [-0.15, -0.1) is 0 Å². The monoisotopic (exact) mass is 307 g/mol. The second-order valence-corrected chi connectivity index (χ2v) is 6.69. The van der Waals surface area contributed by atoms with Crippen molar-refractivity contribution < 1.29 is 0 Å². The topological polar surface area (TPSA) is 41.6 Å². The fourth-order valence-electron chi connectivity index (χ4n) is 2.99. The van der Waals surface area contributed by atoms with Crippen molar-refractivity contribution >= 4 is 5.84 Å². The van der Waals surface area contributed by atoms with Crippen LogP contribution >= 0.6 is 0 Å². The van der Waals surface area contributed by atoms with Gasteiger partial charge in [0.25, 0.3) is 0 Å². The van der Waals surface area contributed by atoms with Crippen LogP contribution in [0.2, 0.25) is 0 Å². The van der Waals surface area contributed by atoms with E-state index in [0.29, 0.717) is 5.92 Å². The largest absolute Gasteiger partial charge is 0.293 e. The van der Waals surface area contributed by atoms with E-state index in [0.717, 1.165) is 37.3 Å². The van der Waals surface area contributed by atoms with E-state index in [1.165, 1.54) is 16.7 Å². The molecule has 0 atom stereocenters. The molecule has 1 aliphatic rings. The third kappa shape index (κ3) is 3.99. The van der Waals surface area contributed by atoms with Gasteiger partial charge in [0, 0.05) is 5.56 Å². The molecule has 0 saturated carbocycles. The number of hydrogen-bond acceptors (Lipinski definition) is 3. The lowest BCUT2D eigenvalue weighted by atomic mass is 9.99. The second kappa shape index (κ2) is 6.97. The molecular formula is C20H25N3. The lowest BCUT2D eigenvalue weighted by molar-refractivity contribution is 0.484. The van der Waals surface area contributed by atoms with Crippen LogP contribution in [-0.2, 0) is 12.8 Å². The SMILES string of the molecule is CC(C)Cc1ccc(Cc2ccc(C3=NCCN3N)cc2)cc1. The number of benzene rings is 2. The van der Waals surface area contributed by atoms with Gasteiger partial charge in [-0.25, -0.2) is 5.84 Å². The minimum absolute atomic E-state index is 0.703. The molecule has 0 aromatic heterocycles. The standard InChI is InChI=1S/C20H25N3/c1-15(2)13-16-3-5-17(6-4-16)14-18-7-9-19(10-8-18)20-22-11-12-23(20)21/h3-10,15H,11-14,21H2,1-2H3. The van der Waals surface area contributed by atoms with Gasteiger partial charge in [0.05, 0.1) is 13.1 Å². The summed E-state index contributed by atoms with van der Waals surface area (Å²) >= 11 is 0. The average Bonchev–Trinajstić information content (AvgIpc) is 2.96. The zero-order chi connectivity index (χ0) is 16.2. The van der Waals surface area contributed by atoms with E-state index in [1.54, 1.807) is 5.01 Å². The first-order valence-corrected chi connectivity index (χ1v) is 8.35. The Kier molecular flexibility index (Phi) is 4.77. The van der Waals surface area contributed by atoms with Crippen molar-refractivity contribution in [1.29, 1.82) is 0 Å². The Bertz CT molecular complexity index is 669. The molecule has 23 heavy (non-hydrogen) atoms. The summed E-state index contributed by atoms with van der Waals surface area (Å²) in [5.41, 5.74) is 5.18. The van der Waals surface area contributed by atoms with Gasteiger partial charge in [0.2, 0.25) is 0 Å². The number of hydrogen-bond donors (Lipinski definition) is 1.